The number of sulfonamides is 1. The molecule has 1 aliphatic rings. The largest absolute Gasteiger partial charge is 0.374 e. The van der Waals surface area contributed by atoms with E-state index in [2.05, 4.69) is 5.32 Å². The van der Waals surface area contributed by atoms with Crippen molar-refractivity contribution in [2.75, 3.05) is 26.2 Å². The molecule has 7 heteroatoms. The second kappa shape index (κ2) is 10.2. The number of nitrogens with one attached hydrogen (secondary N) is 1. The number of ether oxygens (including phenoxy) is 1. The van der Waals surface area contributed by atoms with Crippen LogP contribution in [0.5, 0.6) is 0 Å². The number of carbonyl (C=O) groups excluding carboxylic acids is 1. The molecule has 1 fully saturated rings. The number of nitrogens with zero attached hydrogens (tertiary/aromatic N) is 1. The van der Waals surface area contributed by atoms with E-state index in [1.807, 2.05) is 44.2 Å². The minimum absolute atomic E-state index is 0.00313. The fourth-order valence-electron chi connectivity index (χ4n) is 3.53. The number of carbonyl (C=O) groups is 1. The van der Waals surface area contributed by atoms with E-state index < -0.39 is 10.0 Å². The van der Waals surface area contributed by atoms with Crippen LogP contribution >= 0.6 is 0 Å². The molecule has 1 amide bonds. The zero-order chi connectivity index (χ0) is 21.6. The number of hydrogen-bond acceptors (Lipinski definition) is 4. The first-order valence-corrected chi connectivity index (χ1v) is 11.9. The Balaban J connectivity index is 1.52. The van der Waals surface area contributed by atoms with Crippen molar-refractivity contribution in [3.63, 3.8) is 0 Å². The first-order valence-electron chi connectivity index (χ1n) is 10.4. The lowest BCUT2D eigenvalue weighted by molar-refractivity contribution is 0.0635. The van der Waals surface area contributed by atoms with Crippen LogP contribution in [-0.2, 0) is 14.8 Å². The van der Waals surface area contributed by atoms with Crippen LogP contribution in [0.3, 0.4) is 0 Å². The van der Waals surface area contributed by atoms with E-state index in [4.69, 9.17) is 4.74 Å². The van der Waals surface area contributed by atoms with Crippen LogP contribution in [-0.4, -0.2) is 44.9 Å². The minimum atomic E-state index is -3.54. The summed E-state index contributed by atoms with van der Waals surface area (Å²) < 4.78 is 32.9. The van der Waals surface area contributed by atoms with Crippen LogP contribution in [0.1, 0.15) is 53.8 Å². The zero-order valence-electron chi connectivity index (χ0n) is 17.6. The lowest BCUT2D eigenvalue weighted by Crippen LogP contribution is -2.29. The molecule has 0 bridgehead atoms. The van der Waals surface area contributed by atoms with E-state index in [9.17, 15) is 13.2 Å². The Hall–Kier alpha value is -2.22. The van der Waals surface area contributed by atoms with Crippen LogP contribution in [0, 0.1) is 6.92 Å². The number of benzene rings is 2. The second-order valence-electron chi connectivity index (χ2n) is 7.62. The van der Waals surface area contributed by atoms with E-state index in [-0.39, 0.29) is 16.9 Å². The smallest absolute Gasteiger partial charge is 0.251 e. The zero-order valence-corrected chi connectivity index (χ0v) is 18.5. The van der Waals surface area contributed by atoms with Gasteiger partial charge in [-0.1, -0.05) is 36.4 Å². The van der Waals surface area contributed by atoms with Gasteiger partial charge in [-0.05, 0) is 56.4 Å². The van der Waals surface area contributed by atoms with Crippen LogP contribution in [0.15, 0.2) is 53.4 Å². The second-order valence-corrected chi connectivity index (χ2v) is 9.56. The Labute approximate surface area is 179 Å². The summed E-state index contributed by atoms with van der Waals surface area (Å²) in [5.41, 5.74) is 2.27. The molecule has 1 saturated heterocycles. The monoisotopic (exact) mass is 430 g/mol. The van der Waals surface area contributed by atoms with Crippen molar-refractivity contribution in [2.45, 2.75) is 44.1 Å². The topological polar surface area (TPSA) is 75.7 Å². The summed E-state index contributed by atoms with van der Waals surface area (Å²) in [7, 11) is -3.54. The van der Waals surface area contributed by atoms with Gasteiger partial charge in [-0.3, -0.25) is 4.79 Å². The van der Waals surface area contributed by atoms with Gasteiger partial charge >= 0.3 is 0 Å². The summed E-state index contributed by atoms with van der Waals surface area (Å²) in [6.07, 6.45) is 2.43. The third-order valence-corrected chi connectivity index (χ3v) is 7.29. The minimum Gasteiger partial charge on any atom is -0.374 e. The molecule has 6 nitrogen and oxygen atoms in total. The predicted molar refractivity (Wildman–Crippen MR) is 117 cm³/mol. The van der Waals surface area contributed by atoms with Crippen molar-refractivity contribution >= 4 is 15.9 Å². The van der Waals surface area contributed by atoms with Gasteiger partial charge in [-0.2, -0.15) is 4.31 Å². The number of rotatable bonds is 9. The van der Waals surface area contributed by atoms with Crippen LogP contribution < -0.4 is 5.32 Å². The molecule has 162 valence electrons. The van der Waals surface area contributed by atoms with Gasteiger partial charge in [0.2, 0.25) is 10.0 Å². The van der Waals surface area contributed by atoms with Crippen molar-refractivity contribution < 1.29 is 17.9 Å². The molecule has 0 radical (unpaired) electrons. The van der Waals surface area contributed by atoms with Crippen LogP contribution in [0.25, 0.3) is 0 Å². The van der Waals surface area contributed by atoms with Gasteiger partial charge in [0.1, 0.15) is 0 Å². The third-order valence-electron chi connectivity index (χ3n) is 5.40. The van der Waals surface area contributed by atoms with Gasteiger partial charge in [0.25, 0.3) is 5.91 Å². The maximum atomic E-state index is 12.8. The fourth-order valence-corrected chi connectivity index (χ4v) is 5.08. The Bertz CT molecular complexity index is 954. The molecule has 0 spiro atoms. The average Bonchev–Trinajstić information content (AvgIpc) is 3.30. The first kappa shape index (κ1) is 22.5. The van der Waals surface area contributed by atoms with E-state index in [0.717, 1.165) is 24.0 Å². The molecule has 2 aromatic carbocycles. The molecule has 1 unspecified atom stereocenters. The third kappa shape index (κ3) is 5.47. The standard InChI is InChI=1S/C23H30N2O4S/c1-18-11-12-21(30(27,28)25-14-6-7-15-25)17-22(18)23(26)24-13-8-16-29-19(2)20-9-4-3-5-10-20/h3-5,9-12,17,19H,6-8,13-16H2,1-2H3,(H,24,26). The van der Waals surface area contributed by atoms with Gasteiger partial charge < -0.3 is 10.1 Å². The van der Waals surface area contributed by atoms with E-state index in [0.29, 0.717) is 38.2 Å². The normalized spacial score (nSPS) is 15.8. The molecule has 3 rings (SSSR count). The van der Waals surface area contributed by atoms with Crippen molar-refractivity contribution in [3.8, 4) is 0 Å². The molecule has 0 saturated carbocycles. The summed E-state index contributed by atoms with van der Waals surface area (Å²) in [5, 5.41) is 2.87. The quantitative estimate of drug-likeness (QED) is 0.616. The average molecular weight is 431 g/mol. The van der Waals surface area contributed by atoms with E-state index in [1.165, 1.54) is 10.4 Å². The SMILES string of the molecule is Cc1ccc(S(=O)(=O)N2CCCC2)cc1C(=O)NCCCOC(C)c1ccccc1. The maximum absolute atomic E-state index is 12.8. The highest BCUT2D eigenvalue weighted by atomic mass is 32.2. The van der Waals surface area contributed by atoms with Gasteiger partial charge in [-0.25, -0.2) is 8.42 Å². The van der Waals surface area contributed by atoms with Crippen LogP contribution in [0.4, 0.5) is 0 Å². The lowest BCUT2D eigenvalue weighted by atomic mass is 10.1. The Morgan fingerprint density at radius 2 is 1.83 bits per heavy atom. The number of hydrogen-bond donors (Lipinski definition) is 1. The molecule has 1 aliphatic heterocycles. The molecule has 2 aromatic rings. The molecular weight excluding hydrogens is 400 g/mol. The highest BCUT2D eigenvalue weighted by molar-refractivity contribution is 7.89. The van der Waals surface area contributed by atoms with E-state index in [1.54, 1.807) is 12.1 Å². The van der Waals surface area contributed by atoms with Crippen molar-refractivity contribution in [1.82, 2.24) is 9.62 Å². The van der Waals surface area contributed by atoms with Crippen LogP contribution in [0.2, 0.25) is 0 Å². The van der Waals surface area contributed by atoms with Crippen molar-refractivity contribution in [3.05, 3.63) is 65.2 Å². The molecule has 1 heterocycles. The molecule has 1 atom stereocenters. The summed E-state index contributed by atoms with van der Waals surface area (Å²) >= 11 is 0. The first-order chi connectivity index (χ1) is 14.4. The summed E-state index contributed by atoms with van der Waals surface area (Å²) in [6, 6.07) is 14.8. The Morgan fingerprint density at radius 1 is 1.13 bits per heavy atom. The van der Waals surface area contributed by atoms with Crippen molar-refractivity contribution in [2.24, 2.45) is 0 Å². The predicted octanol–water partition coefficient (Wildman–Crippen LogP) is 3.68. The molecular formula is C23H30N2O4S. The highest BCUT2D eigenvalue weighted by Crippen LogP contribution is 2.23. The van der Waals surface area contributed by atoms with Gasteiger partial charge in [-0.15, -0.1) is 0 Å². The van der Waals surface area contributed by atoms with Gasteiger partial charge in [0, 0.05) is 31.8 Å². The summed E-state index contributed by atoms with van der Waals surface area (Å²) in [4.78, 5) is 12.8. The summed E-state index contributed by atoms with van der Waals surface area (Å²) in [6.45, 7) is 5.88. The number of aryl methyl sites for hydroxylation is 1. The molecule has 1 N–H and O–H groups in total. The maximum Gasteiger partial charge on any atom is 0.251 e. The Kier molecular flexibility index (Phi) is 7.64. The van der Waals surface area contributed by atoms with Gasteiger partial charge in [0.15, 0.2) is 0 Å². The van der Waals surface area contributed by atoms with Crippen molar-refractivity contribution in [1.29, 1.82) is 0 Å². The molecule has 30 heavy (non-hydrogen) atoms. The van der Waals surface area contributed by atoms with E-state index >= 15 is 0 Å². The number of amides is 1. The molecule has 0 aromatic heterocycles. The fraction of sp³-hybridized carbons (Fsp3) is 0.435. The van der Waals surface area contributed by atoms with Gasteiger partial charge in [0.05, 0.1) is 11.0 Å². The Morgan fingerprint density at radius 3 is 2.53 bits per heavy atom. The highest BCUT2D eigenvalue weighted by Gasteiger charge is 2.28. The molecule has 0 aliphatic carbocycles. The lowest BCUT2D eigenvalue weighted by Gasteiger charge is -2.17. The summed E-state index contributed by atoms with van der Waals surface area (Å²) in [5.74, 6) is -0.262.